The summed E-state index contributed by atoms with van der Waals surface area (Å²) >= 11 is 3.44. The van der Waals surface area contributed by atoms with Crippen LogP contribution in [0.4, 0.5) is 0 Å². The quantitative estimate of drug-likeness (QED) is 0.646. The first kappa shape index (κ1) is 20.5. The van der Waals surface area contributed by atoms with Gasteiger partial charge >= 0.3 is 5.97 Å². The van der Waals surface area contributed by atoms with Crippen LogP contribution in [0.1, 0.15) is 23.6 Å². The van der Waals surface area contributed by atoms with Crippen molar-refractivity contribution in [2.75, 3.05) is 7.11 Å². The maximum Gasteiger partial charge on any atom is 0.352 e. The molecule has 0 unspecified atom stereocenters. The van der Waals surface area contributed by atoms with Crippen molar-refractivity contribution < 1.29 is 24.2 Å². The number of rotatable bonds is 7. The van der Waals surface area contributed by atoms with E-state index in [0.717, 1.165) is 11.1 Å². The third-order valence-electron chi connectivity index (χ3n) is 3.57. The van der Waals surface area contributed by atoms with E-state index < -0.39 is 11.9 Å². The number of methoxy groups -OCH3 is 1. The van der Waals surface area contributed by atoms with Crippen LogP contribution in [0.2, 0.25) is 0 Å². The lowest BCUT2D eigenvalue weighted by atomic mass is 10.1. The van der Waals surface area contributed by atoms with Crippen molar-refractivity contribution in [2.45, 2.75) is 20.5 Å². The van der Waals surface area contributed by atoms with Gasteiger partial charge in [0.2, 0.25) is 5.91 Å². The van der Waals surface area contributed by atoms with Crippen LogP contribution in [0.25, 0.3) is 6.08 Å². The number of carbonyl (C=O) groups excluding carboxylic acids is 1. The first-order valence-corrected chi connectivity index (χ1v) is 8.88. The predicted octanol–water partition coefficient (Wildman–Crippen LogP) is 3.91. The Morgan fingerprint density at radius 1 is 1.26 bits per heavy atom. The minimum atomic E-state index is -1.24. The van der Waals surface area contributed by atoms with Crippen LogP contribution in [0.3, 0.4) is 0 Å². The monoisotopic (exact) mass is 433 g/mol. The second kappa shape index (κ2) is 9.23. The Kier molecular flexibility index (Phi) is 7.01. The molecule has 0 aromatic heterocycles. The van der Waals surface area contributed by atoms with Gasteiger partial charge < -0.3 is 19.9 Å². The summed E-state index contributed by atoms with van der Waals surface area (Å²) in [6.45, 7) is 3.61. The van der Waals surface area contributed by atoms with Crippen LogP contribution in [0, 0.1) is 6.92 Å². The van der Waals surface area contributed by atoms with Crippen molar-refractivity contribution in [3.63, 3.8) is 0 Å². The van der Waals surface area contributed by atoms with E-state index in [1.807, 2.05) is 31.2 Å². The molecular weight excluding hydrogens is 414 g/mol. The normalized spacial score (nSPS) is 11.0. The zero-order valence-electron chi connectivity index (χ0n) is 15.2. The van der Waals surface area contributed by atoms with Crippen molar-refractivity contribution in [3.8, 4) is 11.5 Å². The Morgan fingerprint density at radius 3 is 2.59 bits per heavy atom. The van der Waals surface area contributed by atoms with Gasteiger partial charge in [0.25, 0.3) is 0 Å². The van der Waals surface area contributed by atoms with Crippen molar-refractivity contribution in [1.82, 2.24) is 5.32 Å². The van der Waals surface area contributed by atoms with Crippen LogP contribution in [-0.4, -0.2) is 24.1 Å². The molecule has 2 aromatic carbocycles. The third-order valence-corrected chi connectivity index (χ3v) is 4.16. The molecule has 0 saturated heterocycles. The second-order valence-electron chi connectivity index (χ2n) is 5.86. The highest BCUT2D eigenvalue weighted by molar-refractivity contribution is 9.10. The van der Waals surface area contributed by atoms with Gasteiger partial charge in [0, 0.05) is 6.92 Å². The number of benzene rings is 2. The SMILES string of the molecule is COc1cc(C=C(NC(C)=O)C(=O)O)cc(Br)c1OCc1cccc(C)c1. The number of aliphatic carboxylic acids is 1. The number of hydrogen-bond donors (Lipinski definition) is 2. The number of carboxylic acids is 1. The Balaban J connectivity index is 2.30. The number of amides is 1. The van der Waals surface area contributed by atoms with Gasteiger partial charge in [-0.1, -0.05) is 29.8 Å². The van der Waals surface area contributed by atoms with Crippen LogP contribution in [0.15, 0.2) is 46.6 Å². The average Bonchev–Trinajstić information content (AvgIpc) is 2.59. The van der Waals surface area contributed by atoms with Gasteiger partial charge in [-0.25, -0.2) is 4.79 Å². The molecule has 0 aliphatic carbocycles. The first-order valence-electron chi connectivity index (χ1n) is 8.08. The van der Waals surface area contributed by atoms with Crippen molar-refractivity contribution in [1.29, 1.82) is 0 Å². The van der Waals surface area contributed by atoms with Gasteiger partial charge in [-0.2, -0.15) is 0 Å². The molecule has 0 fully saturated rings. The number of halogens is 1. The van der Waals surface area contributed by atoms with Gasteiger partial charge in [0.15, 0.2) is 11.5 Å². The first-order chi connectivity index (χ1) is 12.8. The van der Waals surface area contributed by atoms with E-state index in [1.165, 1.54) is 20.1 Å². The highest BCUT2D eigenvalue weighted by Crippen LogP contribution is 2.37. The number of nitrogens with one attached hydrogen (secondary N) is 1. The zero-order chi connectivity index (χ0) is 20.0. The van der Waals surface area contributed by atoms with Crippen molar-refractivity contribution in [3.05, 3.63) is 63.3 Å². The molecule has 0 saturated carbocycles. The van der Waals surface area contributed by atoms with E-state index in [1.54, 1.807) is 12.1 Å². The van der Waals surface area contributed by atoms with Gasteiger partial charge in [0.05, 0.1) is 11.6 Å². The molecule has 7 heteroatoms. The van der Waals surface area contributed by atoms with Gasteiger partial charge in [-0.3, -0.25) is 4.79 Å². The molecule has 0 aliphatic heterocycles. The fourth-order valence-corrected chi connectivity index (χ4v) is 3.00. The predicted molar refractivity (Wildman–Crippen MR) is 106 cm³/mol. The molecule has 0 heterocycles. The summed E-state index contributed by atoms with van der Waals surface area (Å²) in [6, 6.07) is 11.3. The smallest absolute Gasteiger partial charge is 0.352 e. The topological polar surface area (TPSA) is 84.9 Å². The molecule has 6 nitrogen and oxygen atoms in total. The molecule has 1 amide bonds. The van der Waals surface area contributed by atoms with E-state index >= 15 is 0 Å². The van der Waals surface area contributed by atoms with E-state index in [4.69, 9.17) is 9.47 Å². The standard InChI is InChI=1S/C20H20BrNO5/c1-12-5-4-6-14(7-12)11-27-19-16(21)8-15(10-18(19)26-3)9-17(20(24)25)22-13(2)23/h4-10H,11H2,1-3H3,(H,22,23)(H,24,25). The highest BCUT2D eigenvalue weighted by atomic mass is 79.9. The molecule has 2 N–H and O–H groups in total. The lowest BCUT2D eigenvalue weighted by Gasteiger charge is -2.14. The largest absolute Gasteiger partial charge is 0.493 e. The van der Waals surface area contributed by atoms with E-state index in [2.05, 4.69) is 21.2 Å². The molecule has 27 heavy (non-hydrogen) atoms. The van der Waals surface area contributed by atoms with Gasteiger partial charge in [0.1, 0.15) is 12.3 Å². The Morgan fingerprint density at radius 2 is 2.00 bits per heavy atom. The average molecular weight is 434 g/mol. The Labute approximate surface area is 165 Å². The summed E-state index contributed by atoms with van der Waals surface area (Å²) in [7, 11) is 1.50. The fraction of sp³-hybridized carbons (Fsp3) is 0.200. The van der Waals surface area contributed by atoms with E-state index in [-0.39, 0.29) is 5.70 Å². The summed E-state index contributed by atoms with van der Waals surface area (Å²) in [5.41, 5.74) is 2.46. The van der Waals surface area contributed by atoms with Crippen LogP contribution < -0.4 is 14.8 Å². The molecule has 0 spiro atoms. The molecule has 0 aliphatic rings. The van der Waals surface area contributed by atoms with Gasteiger partial charge in [-0.15, -0.1) is 0 Å². The zero-order valence-corrected chi connectivity index (χ0v) is 16.8. The minimum absolute atomic E-state index is 0.232. The second-order valence-corrected chi connectivity index (χ2v) is 6.71. The Bertz CT molecular complexity index is 892. The van der Waals surface area contributed by atoms with Crippen LogP contribution in [-0.2, 0) is 16.2 Å². The third kappa shape index (κ3) is 5.86. The molecule has 0 bridgehead atoms. The maximum atomic E-state index is 11.3. The number of ether oxygens (including phenoxy) is 2. The fourth-order valence-electron chi connectivity index (χ4n) is 2.43. The molecule has 0 radical (unpaired) electrons. The van der Waals surface area contributed by atoms with E-state index in [9.17, 15) is 14.7 Å². The lowest BCUT2D eigenvalue weighted by Crippen LogP contribution is -2.24. The Hall–Kier alpha value is -2.80. The number of carboxylic acid groups (broad SMARTS) is 1. The van der Waals surface area contributed by atoms with E-state index in [0.29, 0.717) is 28.1 Å². The summed E-state index contributed by atoms with van der Waals surface area (Å²) in [5, 5.41) is 11.5. The summed E-state index contributed by atoms with van der Waals surface area (Å²) in [5.74, 6) is -0.753. The van der Waals surface area contributed by atoms with Crippen molar-refractivity contribution in [2.24, 2.45) is 0 Å². The molecule has 2 aromatic rings. The molecule has 142 valence electrons. The van der Waals surface area contributed by atoms with Crippen molar-refractivity contribution >= 4 is 33.9 Å². The van der Waals surface area contributed by atoms with Crippen LogP contribution in [0.5, 0.6) is 11.5 Å². The number of carbonyl (C=O) groups is 2. The minimum Gasteiger partial charge on any atom is -0.493 e. The lowest BCUT2D eigenvalue weighted by molar-refractivity contribution is -0.134. The molecular formula is C20H20BrNO5. The van der Waals surface area contributed by atoms with Crippen LogP contribution >= 0.6 is 15.9 Å². The maximum absolute atomic E-state index is 11.3. The summed E-state index contributed by atoms with van der Waals surface area (Å²) in [4.78, 5) is 22.4. The number of hydrogen-bond acceptors (Lipinski definition) is 4. The summed E-state index contributed by atoms with van der Waals surface area (Å²) < 4.78 is 11.9. The molecule has 0 atom stereocenters. The summed E-state index contributed by atoms with van der Waals surface area (Å²) in [6.07, 6.45) is 1.35. The molecule has 2 rings (SSSR count). The number of aryl methyl sites for hydroxylation is 1. The highest BCUT2D eigenvalue weighted by Gasteiger charge is 2.14. The van der Waals surface area contributed by atoms with Gasteiger partial charge in [-0.05, 0) is 52.2 Å².